The monoisotopic (exact) mass is 100 g/mol. The highest BCUT2D eigenvalue weighted by molar-refractivity contribution is 4.43. The van der Waals surface area contributed by atoms with Crippen LogP contribution < -0.4 is 5.32 Å². The third-order valence-corrected chi connectivity index (χ3v) is 0.927. The summed E-state index contributed by atoms with van der Waals surface area (Å²) in [4.78, 5) is 0. The Labute approximate surface area is 46.1 Å². The van der Waals surface area contributed by atoms with E-state index in [0.717, 1.165) is 13.0 Å². The minimum atomic E-state index is 1.07. The van der Waals surface area contributed by atoms with Crippen LogP contribution in [-0.4, -0.2) is 13.6 Å². The van der Waals surface area contributed by atoms with Crippen LogP contribution in [0.4, 0.5) is 0 Å². The van der Waals surface area contributed by atoms with Gasteiger partial charge >= 0.3 is 0 Å². The molecule has 0 rings (SSSR count). The summed E-state index contributed by atoms with van der Waals surface area (Å²) in [6, 6.07) is 0. The van der Waals surface area contributed by atoms with E-state index < -0.39 is 0 Å². The summed E-state index contributed by atoms with van der Waals surface area (Å²) in [5.41, 5.74) is 0. The maximum absolute atomic E-state index is 3.73. The number of unbranched alkanes of at least 4 members (excludes halogenated alkanes) is 2. The Morgan fingerprint density at radius 2 is 2.14 bits per heavy atom. The van der Waals surface area contributed by atoms with Crippen LogP contribution in [0.1, 0.15) is 19.3 Å². The Kier molecular flexibility index (Phi) is 5.93. The normalized spacial score (nSPS) is 9.43. The van der Waals surface area contributed by atoms with Crippen LogP contribution in [0.2, 0.25) is 0 Å². The van der Waals surface area contributed by atoms with E-state index in [1.54, 1.807) is 0 Å². The largest absolute Gasteiger partial charge is 0.320 e. The van der Waals surface area contributed by atoms with Gasteiger partial charge in [-0.3, -0.25) is 0 Å². The summed E-state index contributed by atoms with van der Waals surface area (Å²) in [7, 11) is 1.98. The summed E-state index contributed by atoms with van der Waals surface area (Å²) in [6.45, 7) is 4.86. The van der Waals surface area contributed by atoms with Gasteiger partial charge in [0.15, 0.2) is 0 Å². The van der Waals surface area contributed by atoms with Gasteiger partial charge in [-0.05, 0) is 20.0 Å². The predicted molar refractivity (Wildman–Crippen MR) is 33.1 cm³/mol. The molecule has 0 bridgehead atoms. The van der Waals surface area contributed by atoms with E-state index in [1.165, 1.54) is 12.8 Å². The van der Waals surface area contributed by atoms with Crippen molar-refractivity contribution in [2.45, 2.75) is 19.3 Å². The van der Waals surface area contributed by atoms with Crippen molar-refractivity contribution in [3.05, 3.63) is 6.92 Å². The number of nitrogens with one attached hydrogen (secondary N) is 1. The summed E-state index contributed by atoms with van der Waals surface area (Å²) in [5.74, 6) is 0. The van der Waals surface area contributed by atoms with E-state index in [1.807, 2.05) is 7.05 Å². The molecule has 1 heteroatoms. The molecular weight excluding hydrogens is 86.1 g/mol. The van der Waals surface area contributed by atoms with Crippen molar-refractivity contribution in [2.24, 2.45) is 0 Å². The summed E-state index contributed by atoms with van der Waals surface area (Å²) in [5, 5.41) is 3.07. The van der Waals surface area contributed by atoms with Gasteiger partial charge < -0.3 is 5.32 Å². The van der Waals surface area contributed by atoms with Crippen molar-refractivity contribution in [3.63, 3.8) is 0 Å². The molecule has 0 aromatic rings. The van der Waals surface area contributed by atoms with Gasteiger partial charge in [0.2, 0.25) is 0 Å². The van der Waals surface area contributed by atoms with Crippen LogP contribution in [0, 0.1) is 6.92 Å². The van der Waals surface area contributed by atoms with Crippen molar-refractivity contribution in [1.29, 1.82) is 0 Å². The lowest BCUT2D eigenvalue weighted by Gasteiger charge is -1.93. The average molecular weight is 100 g/mol. The molecule has 43 valence electrons. The maximum Gasteiger partial charge on any atom is -0.00519 e. The first-order chi connectivity index (χ1) is 3.41. The van der Waals surface area contributed by atoms with E-state index in [2.05, 4.69) is 12.2 Å². The van der Waals surface area contributed by atoms with Gasteiger partial charge in [0.05, 0.1) is 0 Å². The van der Waals surface area contributed by atoms with Crippen molar-refractivity contribution < 1.29 is 0 Å². The molecule has 1 radical (unpaired) electrons. The van der Waals surface area contributed by atoms with Gasteiger partial charge in [0.1, 0.15) is 0 Å². The third kappa shape index (κ3) is 5.96. The zero-order valence-corrected chi connectivity index (χ0v) is 5.04. The predicted octanol–water partition coefficient (Wildman–Crippen LogP) is 1.21. The molecule has 1 nitrogen and oxygen atoms in total. The van der Waals surface area contributed by atoms with E-state index >= 15 is 0 Å². The quantitative estimate of drug-likeness (QED) is 0.524. The summed E-state index contributed by atoms with van der Waals surface area (Å²) >= 11 is 0. The second-order valence-electron chi connectivity index (χ2n) is 1.66. The van der Waals surface area contributed by atoms with Gasteiger partial charge in [-0.25, -0.2) is 0 Å². The zero-order valence-electron chi connectivity index (χ0n) is 5.04. The smallest absolute Gasteiger partial charge is 0.00519 e. The minimum absolute atomic E-state index is 1.07. The van der Waals surface area contributed by atoms with Gasteiger partial charge in [0.25, 0.3) is 0 Å². The number of hydrogen-bond donors (Lipinski definition) is 1. The molecule has 1 N–H and O–H groups in total. The Balaban J connectivity index is 2.45. The molecule has 0 saturated carbocycles. The second-order valence-corrected chi connectivity index (χ2v) is 1.66. The molecule has 0 aromatic heterocycles. The first kappa shape index (κ1) is 6.96. The summed E-state index contributed by atoms with van der Waals surface area (Å²) in [6.07, 6.45) is 3.59. The molecule has 0 unspecified atom stereocenters. The molecule has 0 aliphatic rings. The lowest BCUT2D eigenvalue weighted by molar-refractivity contribution is 0.684. The van der Waals surface area contributed by atoms with Crippen LogP contribution in [0.15, 0.2) is 0 Å². The van der Waals surface area contributed by atoms with Crippen LogP contribution in [0.3, 0.4) is 0 Å². The van der Waals surface area contributed by atoms with Crippen LogP contribution in [0.5, 0.6) is 0 Å². The Morgan fingerprint density at radius 1 is 1.43 bits per heavy atom. The van der Waals surface area contributed by atoms with E-state index in [9.17, 15) is 0 Å². The molecule has 0 aliphatic heterocycles. The van der Waals surface area contributed by atoms with Crippen molar-refractivity contribution >= 4 is 0 Å². The fraction of sp³-hybridized carbons (Fsp3) is 0.833. The number of rotatable bonds is 4. The molecule has 0 spiro atoms. The highest BCUT2D eigenvalue weighted by Crippen LogP contribution is 1.89. The Bertz CT molecular complexity index is 23.4. The van der Waals surface area contributed by atoms with E-state index in [-0.39, 0.29) is 0 Å². The molecular formula is C6H14N. The Hall–Kier alpha value is -0.0400. The molecule has 0 saturated heterocycles. The van der Waals surface area contributed by atoms with Crippen molar-refractivity contribution in [2.75, 3.05) is 13.6 Å². The lowest BCUT2D eigenvalue weighted by atomic mass is 10.2. The topological polar surface area (TPSA) is 12.0 Å². The van der Waals surface area contributed by atoms with Crippen LogP contribution in [-0.2, 0) is 0 Å². The highest BCUT2D eigenvalue weighted by Gasteiger charge is 1.78. The minimum Gasteiger partial charge on any atom is -0.320 e. The molecule has 0 heterocycles. The van der Waals surface area contributed by atoms with Crippen LogP contribution in [0.25, 0.3) is 0 Å². The molecule has 0 fully saturated rings. The summed E-state index contributed by atoms with van der Waals surface area (Å²) < 4.78 is 0. The number of hydrogen-bond acceptors (Lipinski definition) is 1. The van der Waals surface area contributed by atoms with Gasteiger partial charge in [-0.15, -0.1) is 0 Å². The molecule has 0 aliphatic carbocycles. The van der Waals surface area contributed by atoms with Crippen LogP contribution >= 0.6 is 0 Å². The van der Waals surface area contributed by atoms with E-state index in [4.69, 9.17) is 0 Å². The van der Waals surface area contributed by atoms with Gasteiger partial charge in [0, 0.05) is 0 Å². The van der Waals surface area contributed by atoms with Crippen molar-refractivity contribution in [1.82, 2.24) is 5.32 Å². The fourth-order valence-electron chi connectivity index (χ4n) is 0.479. The SMILES string of the molecule is [CH2]CCCCNC. The average Bonchev–Trinajstić information content (AvgIpc) is 1.69. The Morgan fingerprint density at radius 3 is 2.57 bits per heavy atom. The first-order valence-electron chi connectivity index (χ1n) is 2.85. The molecule has 0 amide bonds. The first-order valence-corrected chi connectivity index (χ1v) is 2.85. The highest BCUT2D eigenvalue weighted by atomic mass is 14.8. The zero-order chi connectivity index (χ0) is 5.54. The van der Waals surface area contributed by atoms with Gasteiger partial charge in [-0.2, -0.15) is 0 Å². The van der Waals surface area contributed by atoms with Crippen molar-refractivity contribution in [3.8, 4) is 0 Å². The molecule has 0 aromatic carbocycles. The molecule has 0 atom stereocenters. The standard InChI is InChI=1S/C6H14N/c1-3-4-5-6-7-2/h7H,1,3-6H2,2H3. The fourth-order valence-corrected chi connectivity index (χ4v) is 0.479. The lowest BCUT2D eigenvalue weighted by Crippen LogP contribution is -2.06. The van der Waals surface area contributed by atoms with E-state index in [0.29, 0.717) is 0 Å². The maximum atomic E-state index is 3.73. The second kappa shape index (κ2) is 5.96. The van der Waals surface area contributed by atoms with Gasteiger partial charge in [-0.1, -0.05) is 19.8 Å². The third-order valence-electron chi connectivity index (χ3n) is 0.927. The molecule has 7 heavy (non-hydrogen) atoms.